The summed E-state index contributed by atoms with van der Waals surface area (Å²) in [7, 11) is 0. The van der Waals surface area contributed by atoms with E-state index in [1.165, 1.54) is 10.9 Å². The number of alkyl halides is 3. The van der Waals surface area contributed by atoms with Crippen molar-refractivity contribution in [1.29, 1.82) is 0 Å². The number of hydrogen-bond acceptors (Lipinski definition) is 4. The number of halogens is 3. The molecule has 0 aromatic carbocycles. The van der Waals surface area contributed by atoms with Gasteiger partial charge in [-0.25, -0.2) is 14.8 Å². The van der Waals surface area contributed by atoms with Gasteiger partial charge in [0.05, 0.1) is 29.9 Å². The third-order valence-electron chi connectivity index (χ3n) is 4.00. The Bertz CT molecular complexity index is 767. The number of pyridine rings is 1. The molecular formula is C17H18F3N3O2. The summed E-state index contributed by atoms with van der Waals surface area (Å²) in [5.74, 6) is -0.415. The standard InChI is InChI=1S/C17H18F3N3O2/c1-2-3-6-25-16(24)13-7-15(12(8-21-13)17(18,19)20)23-9-14(22-10-23)11-4-5-11/h7-11H,2-6H2,1H3. The van der Waals surface area contributed by atoms with Gasteiger partial charge in [0.2, 0.25) is 0 Å². The predicted molar refractivity (Wildman–Crippen MR) is 83.5 cm³/mol. The van der Waals surface area contributed by atoms with Gasteiger partial charge in [0.15, 0.2) is 0 Å². The fraction of sp³-hybridized carbons (Fsp3) is 0.471. The molecule has 134 valence electrons. The molecule has 0 radical (unpaired) electrons. The van der Waals surface area contributed by atoms with Crippen molar-refractivity contribution in [2.24, 2.45) is 0 Å². The number of esters is 1. The van der Waals surface area contributed by atoms with Gasteiger partial charge in [-0.05, 0) is 25.3 Å². The van der Waals surface area contributed by atoms with Crippen LogP contribution in [0.25, 0.3) is 5.69 Å². The number of aromatic nitrogens is 3. The number of ether oxygens (including phenoxy) is 1. The molecule has 0 unspecified atom stereocenters. The topological polar surface area (TPSA) is 57.0 Å². The van der Waals surface area contributed by atoms with Crippen LogP contribution in [0.2, 0.25) is 0 Å². The van der Waals surface area contributed by atoms with E-state index in [0.29, 0.717) is 18.5 Å². The van der Waals surface area contributed by atoms with E-state index < -0.39 is 17.7 Å². The molecule has 2 heterocycles. The lowest BCUT2D eigenvalue weighted by Crippen LogP contribution is -2.15. The van der Waals surface area contributed by atoms with Gasteiger partial charge in [0, 0.05) is 18.3 Å². The lowest BCUT2D eigenvalue weighted by atomic mass is 10.2. The average Bonchev–Trinajstić information content (AvgIpc) is 3.31. The zero-order valence-corrected chi connectivity index (χ0v) is 13.7. The maximum Gasteiger partial charge on any atom is 0.419 e. The van der Waals surface area contributed by atoms with E-state index in [4.69, 9.17) is 4.74 Å². The largest absolute Gasteiger partial charge is 0.461 e. The van der Waals surface area contributed by atoms with Crippen LogP contribution in [-0.4, -0.2) is 27.1 Å². The summed E-state index contributed by atoms with van der Waals surface area (Å²) in [5, 5.41) is 0. The van der Waals surface area contributed by atoms with Crippen molar-refractivity contribution in [1.82, 2.24) is 14.5 Å². The molecule has 1 aliphatic rings. The SMILES string of the molecule is CCCCOC(=O)c1cc(-n2cnc(C3CC3)c2)c(C(F)(F)F)cn1. The molecule has 2 aromatic heterocycles. The maximum absolute atomic E-state index is 13.3. The molecule has 0 amide bonds. The average molecular weight is 353 g/mol. The van der Waals surface area contributed by atoms with Gasteiger partial charge in [0.1, 0.15) is 5.69 Å². The molecular weight excluding hydrogens is 335 g/mol. The Balaban J connectivity index is 1.94. The Kier molecular flexibility index (Phi) is 4.78. The molecule has 0 saturated heterocycles. The Hall–Kier alpha value is -2.38. The van der Waals surface area contributed by atoms with E-state index in [0.717, 1.165) is 31.0 Å². The maximum atomic E-state index is 13.3. The quantitative estimate of drug-likeness (QED) is 0.579. The molecule has 1 fully saturated rings. The van der Waals surface area contributed by atoms with Crippen LogP contribution >= 0.6 is 0 Å². The minimum atomic E-state index is -4.59. The molecule has 8 heteroatoms. The Labute approximate surface area is 142 Å². The van der Waals surface area contributed by atoms with E-state index >= 15 is 0 Å². The summed E-state index contributed by atoms with van der Waals surface area (Å²) in [6.07, 6.45) is 2.52. The highest BCUT2D eigenvalue weighted by atomic mass is 19.4. The van der Waals surface area contributed by atoms with Gasteiger partial charge in [-0.2, -0.15) is 13.2 Å². The van der Waals surface area contributed by atoms with Gasteiger partial charge in [0.25, 0.3) is 0 Å². The number of nitrogens with zero attached hydrogens (tertiary/aromatic N) is 3. The third-order valence-corrected chi connectivity index (χ3v) is 4.00. The van der Waals surface area contributed by atoms with Crippen LogP contribution in [0.3, 0.4) is 0 Å². The normalized spacial score (nSPS) is 14.6. The number of carbonyl (C=O) groups excluding carboxylic acids is 1. The van der Waals surface area contributed by atoms with E-state index in [1.807, 2.05) is 6.92 Å². The Morgan fingerprint density at radius 1 is 1.36 bits per heavy atom. The molecule has 1 saturated carbocycles. The highest BCUT2D eigenvalue weighted by molar-refractivity contribution is 5.88. The van der Waals surface area contributed by atoms with E-state index in [-0.39, 0.29) is 18.0 Å². The third kappa shape index (κ3) is 4.00. The monoisotopic (exact) mass is 353 g/mol. The van der Waals surface area contributed by atoms with Crippen molar-refractivity contribution >= 4 is 5.97 Å². The second-order valence-electron chi connectivity index (χ2n) is 6.05. The predicted octanol–water partition coefficient (Wildman–Crippen LogP) is 4.12. The Morgan fingerprint density at radius 3 is 2.76 bits per heavy atom. The molecule has 0 N–H and O–H groups in total. The molecule has 2 aromatic rings. The fourth-order valence-electron chi connectivity index (χ4n) is 2.43. The first-order valence-corrected chi connectivity index (χ1v) is 8.18. The summed E-state index contributed by atoms with van der Waals surface area (Å²) < 4.78 is 46.2. The molecule has 0 bridgehead atoms. The van der Waals surface area contributed by atoms with Crippen molar-refractivity contribution in [2.75, 3.05) is 6.61 Å². The number of carbonyl (C=O) groups is 1. The van der Waals surface area contributed by atoms with E-state index in [9.17, 15) is 18.0 Å². The number of hydrogen-bond donors (Lipinski definition) is 0. The first-order chi connectivity index (χ1) is 11.9. The number of rotatable bonds is 6. The van der Waals surface area contributed by atoms with Crippen molar-refractivity contribution in [3.05, 3.63) is 41.7 Å². The molecule has 25 heavy (non-hydrogen) atoms. The molecule has 0 spiro atoms. The lowest BCUT2D eigenvalue weighted by molar-refractivity contribution is -0.137. The van der Waals surface area contributed by atoms with Crippen LogP contribution < -0.4 is 0 Å². The summed E-state index contributed by atoms with van der Waals surface area (Å²) in [6, 6.07) is 1.11. The lowest BCUT2D eigenvalue weighted by Gasteiger charge is -2.14. The second kappa shape index (κ2) is 6.85. The Morgan fingerprint density at radius 2 is 2.12 bits per heavy atom. The van der Waals surface area contributed by atoms with Crippen LogP contribution in [0, 0.1) is 0 Å². The molecule has 0 aliphatic heterocycles. The van der Waals surface area contributed by atoms with E-state index in [1.54, 1.807) is 6.20 Å². The second-order valence-corrected chi connectivity index (χ2v) is 6.05. The molecule has 5 nitrogen and oxygen atoms in total. The highest BCUT2D eigenvalue weighted by Crippen LogP contribution is 2.40. The summed E-state index contributed by atoms with van der Waals surface area (Å²) in [4.78, 5) is 19.8. The van der Waals surface area contributed by atoms with Crippen LogP contribution in [0.1, 0.15) is 60.3 Å². The summed E-state index contributed by atoms with van der Waals surface area (Å²) >= 11 is 0. The zero-order valence-electron chi connectivity index (χ0n) is 13.7. The zero-order chi connectivity index (χ0) is 18.0. The number of imidazole rings is 1. The van der Waals surface area contributed by atoms with Crippen molar-refractivity contribution in [3.8, 4) is 5.69 Å². The molecule has 3 rings (SSSR count). The molecule has 0 atom stereocenters. The van der Waals surface area contributed by atoms with Crippen LogP contribution in [0.15, 0.2) is 24.8 Å². The van der Waals surface area contributed by atoms with Gasteiger partial charge >= 0.3 is 12.1 Å². The van der Waals surface area contributed by atoms with E-state index in [2.05, 4.69) is 9.97 Å². The number of unbranched alkanes of at least 4 members (excludes halogenated alkanes) is 1. The first-order valence-electron chi connectivity index (χ1n) is 8.18. The molecule has 1 aliphatic carbocycles. The fourth-order valence-corrected chi connectivity index (χ4v) is 2.43. The van der Waals surface area contributed by atoms with Crippen molar-refractivity contribution in [2.45, 2.75) is 44.7 Å². The minimum Gasteiger partial charge on any atom is -0.461 e. The van der Waals surface area contributed by atoms with Crippen LogP contribution in [-0.2, 0) is 10.9 Å². The van der Waals surface area contributed by atoms with Gasteiger partial charge in [-0.15, -0.1) is 0 Å². The van der Waals surface area contributed by atoms with Crippen molar-refractivity contribution < 1.29 is 22.7 Å². The minimum absolute atomic E-state index is 0.152. The van der Waals surface area contributed by atoms with Crippen LogP contribution in [0.4, 0.5) is 13.2 Å². The van der Waals surface area contributed by atoms with Crippen molar-refractivity contribution in [3.63, 3.8) is 0 Å². The summed E-state index contributed by atoms with van der Waals surface area (Å²) in [6.45, 7) is 2.16. The smallest absolute Gasteiger partial charge is 0.419 e. The van der Waals surface area contributed by atoms with Gasteiger partial charge < -0.3 is 9.30 Å². The van der Waals surface area contributed by atoms with Gasteiger partial charge in [-0.3, -0.25) is 0 Å². The van der Waals surface area contributed by atoms with Gasteiger partial charge in [-0.1, -0.05) is 13.3 Å². The highest BCUT2D eigenvalue weighted by Gasteiger charge is 2.36. The summed E-state index contributed by atoms with van der Waals surface area (Å²) in [5.41, 5.74) is -0.487. The first kappa shape index (κ1) is 17.4. The van der Waals surface area contributed by atoms with Crippen LogP contribution in [0.5, 0.6) is 0 Å².